The fraction of sp³-hybridized carbons (Fsp3) is 0.462. The van der Waals surface area contributed by atoms with E-state index in [1.165, 1.54) is 0 Å². The molecule has 88 valence electrons. The third kappa shape index (κ3) is 3.86. The third-order valence-corrected chi connectivity index (χ3v) is 2.64. The lowest BCUT2D eigenvalue weighted by molar-refractivity contribution is -0.122. The molecule has 0 aliphatic rings. The summed E-state index contributed by atoms with van der Waals surface area (Å²) in [7, 11) is 0. The quantitative estimate of drug-likeness (QED) is 0.787. The Morgan fingerprint density at radius 2 is 2.00 bits per heavy atom. The number of amides is 1. The lowest BCUT2D eigenvalue weighted by Gasteiger charge is -2.15. The van der Waals surface area contributed by atoms with Gasteiger partial charge in [-0.15, -0.1) is 11.6 Å². The van der Waals surface area contributed by atoms with Gasteiger partial charge in [-0.25, -0.2) is 0 Å². The van der Waals surface area contributed by atoms with Crippen molar-refractivity contribution in [1.82, 2.24) is 5.32 Å². The smallest absolute Gasteiger partial charge is 0.227 e. The first-order valence-electron chi connectivity index (χ1n) is 5.61. The summed E-state index contributed by atoms with van der Waals surface area (Å²) in [5.41, 5.74) is 1.06. The largest absolute Gasteiger partial charge is 0.354 e. The van der Waals surface area contributed by atoms with E-state index in [-0.39, 0.29) is 17.2 Å². The average Bonchev–Trinajstić information content (AvgIpc) is 2.29. The monoisotopic (exact) mass is 239 g/mol. The summed E-state index contributed by atoms with van der Waals surface area (Å²) in [4.78, 5) is 11.9. The minimum Gasteiger partial charge on any atom is -0.354 e. The molecule has 1 aromatic rings. The van der Waals surface area contributed by atoms with E-state index < -0.39 is 0 Å². The third-order valence-electron chi connectivity index (χ3n) is 2.48. The van der Waals surface area contributed by atoms with E-state index in [2.05, 4.69) is 5.32 Å². The second-order valence-corrected chi connectivity index (χ2v) is 4.64. The van der Waals surface area contributed by atoms with E-state index in [4.69, 9.17) is 11.6 Å². The molecule has 2 nitrogen and oxygen atoms in total. The lowest BCUT2D eigenvalue weighted by atomic mass is 9.96. The van der Waals surface area contributed by atoms with Gasteiger partial charge < -0.3 is 5.32 Å². The van der Waals surface area contributed by atoms with Crippen LogP contribution < -0.4 is 5.32 Å². The molecule has 0 saturated carbocycles. The van der Waals surface area contributed by atoms with Crippen LogP contribution in [0.4, 0.5) is 0 Å². The van der Waals surface area contributed by atoms with Crippen LogP contribution >= 0.6 is 11.6 Å². The van der Waals surface area contributed by atoms with E-state index in [0.717, 1.165) is 12.0 Å². The predicted octanol–water partition coefficient (Wildman–Crippen LogP) is 2.92. The van der Waals surface area contributed by atoms with Gasteiger partial charge in [0.2, 0.25) is 5.91 Å². The molecule has 0 saturated heterocycles. The van der Waals surface area contributed by atoms with E-state index in [1.54, 1.807) is 0 Å². The van der Waals surface area contributed by atoms with Crippen LogP contribution in [-0.4, -0.2) is 17.8 Å². The van der Waals surface area contributed by atoms with Gasteiger partial charge in [-0.1, -0.05) is 37.3 Å². The average molecular weight is 240 g/mol. The Bertz CT molecular complexity index is 324. The van der Waals surface area contributed by atoms with Crippen LogP contribution in [0.25, 0.3) is 0 Å². The summed E-state index contributed by atoms with van der Waals surface area (Å²) in [6, 6.07) is 9.83. The van der Waals surface area contributed by atoms with E-state index in [9.17, 15) is 4.79 Å². The van der Waals surface area contributed by atoms with Gasteiger partial charge in [-0.3, -0.25) is 4.79 Å². The molecule has 1 aromatic carbocycles. The van der Waals surface area contributed by atoms with Gasteiger partial charge in [0.05, 0.1) is 5.92 Å². The molecule has 0 radical (unpaired) electrons. The number of carbonyl (C=O) groups is 1. The molecule has 0 heterocycles. The zero-order valence-electron chi connectivity index (χ0n) is 9.74. The van der Waals surface area contributed by atoms with Crippen LogP contribution in [0.2, 0.25) is 0 Å². The van der Waals surface area contributed by atoms with Crippen LogP contribution in [0.1, 0.15) is 31.7 Å². The van der Waals surface area contributed by atoms with Crippen molar-refractivity contribution in [1.29, 1.82) is 0 Å². The fourth-order valence-corrected chi connectivity index (χ4v) is 1.70. The first kappa shape index (κ1) is 13.0. The van der Waals surface area contributed by atoms with Crippen molar-refractivity contribution in [2.45, 2.75) is 31.6 Å². The molecule has 3 heteroatoms. The molecule has 0 bridgehead atoms. The predicted molar refractivity (Wildman–Crippen MR) is 67.8 cm³/mol. The normalized spacial score (nSPS) is 14.2. The molecule has 1 amide bonds. The SMILES string of the molecule is CCC(C(=O)NCC(C)Cl)c1ccccc1. The number of halogens is 1. The van der Waals surface area contributed by atoms with Crippen LogP contribution in [0, 0.1) is 0 Å². The Kier molecular flexibility index (Phi) is 5.33. The van der Waals surface area contributed by atoms with Crippen LogP contribution in [0.15, 0.2) is 30.3 Å². The topological polar surface area (TPSA) is 29.1 Å². The number of nitrogens with one attached hydrogen (secondary N) is 1. The van der Waals surface area contributed by atoms with Crippen molar-refractivity contribution in [3.63, 3.8) is 0 Å². The number of benzene rings is 1. The maximum Gasteiger partial charge on any atom is 0.227 e. The molecule has 2 unspecified atom stereocenters. The molecular weight excluding hydrogens is 222 g/mol. The highest BCUT2D eigenvalue weighted by atomic mass is 35.5. The Balaban J connectivity index is 2.64. The minimum atomic E-state index is -0.0726. The number of hydrogen-bond acceptors (Lipinski definition) is 1. The maximum absolute atomic E-state index is 11.9. The number of alkyl halides is 1. The molecule has 1 N–H and O–H groups in total. The van der Waals surface area contributed by atoms with Gasteiger partial charge in [0, 0.05) is 11.9 Å². The fourth-order valence-electron chi connectivity index (χ4n) is 1.62. The molecule has 2 atom stereocenters. The van der Waals surface area contributed by atoms with Crippen LogP contribution in [0.3, 0.4) is 0 Å². The van der Waals surface area contributed by atoms with Gasteiger partial charge in [0.15, 0.2) is 0 Å². The maximum atomic E-state index is 11.9. The standard InChI is InChI=1S/C13H18ClNO/c1-3-12(11-7-5-4-6-8-11)13(16)15-9-10(2)14/h4-8,10,12H,3,9H2,1-2H3,(H,15,16). The van der Waals surface area contributed by atoms with Gasteiger partial charge in [-0.2, -0.15) is 0 Å². The Hall–Kier alpha value is -1.02. The van der Waals surface area contributed by atoms with Crippen LogP contribution in [-0.2, 0) is 4.79 Å². The van der Waals surface area contributed by atoms with Crippen molar-refractivity contribution in [2.75, 3.05) is 6.54 Å². The van der Waals surface area contributed by atoms with E-state index >= 15 is 0 Å². The summed E-state index contributed by atoms with van der Waals surface area (Å²) in [6.07, 6.45) is 0.798. The molecule has 0 aromatic heterocycles. The molecule has 0 aliphatic carbocycles. The van der Waals surface area contributed by atoms with Crippen LogP contribution in [0.5, 0.6) is 0 Å². The van der Waals surface area contributed by atoms with Crippen molar-refractivity contribution in [3.05, 3.63) is 35.9 Å². The zero-order valence-corrected chi connectivity index (χ0v) is 10.5. The summed E-state index contributed by atoms with van der Waals surface area (Å²) in [6.45, 7) is 4.40. The minimum absolute atomic E-state index is 0.0303. The van der Waals surface area contributed by atoms with Gasteiger partial charge in [0.25, 0.3) is 0 Å². The molecule has 0 spiro atoms. The second-order valence-electron chi connectivity index (χ2n) is 3.90. The van der Waals surface area contributed by atoms with E-state index in [1.807, 2.05) is 44.2 Å². The summed E-state index contributed by atoms with van der Waals surface area (Å²) in [5.74, 6) is -0.0159. The molecule has 16 heavy (non-hydrogen) atoms. The molecule has 1 rings (SSSR count). The zero-order chi connectivity index (χ0) is 12.0. The number of hydrogen-bond donors (Lipinski definition) is 1. The molecule has 0 aliphatic heterocycles. The van der Waals surface area contributed by atoms with E-state index in [0.29, 0.717) is 6.54 Å². The Morgan fingerprint density at radius 3 is 2.50 bits per heavy atom. The first-order chi connectivity index (χ1) is 7.65. The van der Waals surface area contributed by atoms with Gasteiger partial charge in [0.1, 0.15) is 0 Å². The Morgan fingerprint density at radius 1 is 1.38 bits per heavy atom. The van der Waals surface area contributed by atoms with Crippen molar-refractivity contribution in [3.8, 4) is 0 Å². The highest BCUT2D eigenvalue weighted by Gasteiger charge is 2.17. The second kappa shape index (κ2) is 6.54. The summed E-state index contributed by atoms with van der Waals surface area (Å²) in [5, 5.41) is 2.83. The van der Waals surface area contributed by atoms with Crippen molar-refractivity contribution in [2.24, 2.45) is 0 Å². The van der Waals surface area contributed by atoms with Gasteiger partial charge >= 0.3 is 0 Å². The van der Waals surface area contributed by atoms with Gasteiger partial charge in [-0.05, 0) is 18.9 Å². The van der Waals surface area contributed by atoms with Crippen molar-refractivity contribution < 1.29 is 4.79 Å². The summed E-state index contributed by atoms with van der Waals surface area (Å²) >= 11 is 5.80. The molecule has 0 fully saturated rings. The van der Waals surface area contributed by atoms with Crippen molar-refractivity contribution >= 4 is 17.5 Å². The highest BCUT2D eigenvalue weighted by Crippen LogP contribution is 2.19. The summed E-state index contributed by atoms with van der Waals surface area (Å²) < 4.78 is 0. The number of carbonyl (C=O) groups excluding carboxylic acids is 1. The lowest BCUT2D eigenvalue weighted by Crippen LogP contribution is -2.32. The highest BCUT2D eigenvalue weighted by molar-refractivity contribution is 6.20. The molecular formula is C13H18ClNO. The first-order valence-corrected chi connectivity index (χ1v) is 6.05. The number of rotatable bonds is 5. The Labute approximate surface area is 102 Å².